The van der Waals surface area contributed by atoms with Gasteiger partial charge in [0.15, 0.2) is 0 Å². The highest BCUT2D eigenvalue weighted by molar-refractivity contribution is 6.08. The van der Waals surface area contributed by atoms with Gasteiger partial charge < -0.3 is 24.5 Å². The molecule has 4 aliphatic heterocycles. The Morgan fingerprint density at radius 2 is 1.56 bits per heavy atom. The number of carbonyl (C=O) groups excluding carboxylic acids is 3. The minimum absolute atomic E-state index is 0.213. The number of aliphatic hydroxyl groups excluding tert-OH is 1. The Balaban J connectivity index is 1.33. The van der Waals surface area contributed by atoms with Crippen molar-refractivity contribution in [3.05, 3.63) is 97.1 Å². The van der Waals surface area contributed by atoms with E-state index in [9.17, 15) is 19.5 Å². The van der Waals surface area contributed by atoms with Crippen LogP contribution in [0.3, 0.4) is 0 Å². The lowest BCUT2D eigenvalue weighted by Crippen LogP contribution is -2.57. The van der Waals surface area contributed by atoms with Crippen LogP contribution in [0.15, 0.2) is 97.1 Å². The number of ether oxygens (including phenoxy) is 1. The molecule has 0 aromatic heterocycles. The summed E-state index contributed by atoms with van der Waals surface area (Å²) in [6.07, 6.45) is 6.78. The molecule has 1 N–H and O–H groups in total. The fourth-order valence-electron chi connectivity index (χ4n) is 7.05. The first-order chi connectivity index (χ1) is 19.9. The highest BCUT2D eigenvalue weighted by Crippen LogP contribution is 2.54. The molecule has 4 aliphatic rings. The molecular formula is C33H31N3O5. The Kier molecular flexibility index (Phi) is 6.06. The molecule has 3 aromatic carbocycles. The van der Waals surface area contributed by atoms with E-state index in [2.05, 4.69) is 0 Å². The predicted molar refractivity (Wildman–Crippen MR) is 155 cm³/mol. The monoisotopic (exact) mass is 549 g/mol. The summed E-state index contributed by atoms with van der Waals surface area (Å²) in [5, 5.41) is 12.2. The Labute approximate surface area is 238 Å². The van der Waals surface area contributed by atoms with Gasteiger partial charge in [-0.05, 0) is 42.0 Å². The SMILES string of the molecule is C[C@H](CO)N1C(=O)[C@@H]2[C@H]3C(=O)N(c4ccccc4)CC=C[C@H]3O[C@@]23C=CCN(c2ccc4ccccc4c2)C(=O)C13. The molecule has 0 bridgehead atoms. The fraction of sp³-hybridized carbons (Fsp3) is 0.303. The molecule has 0 radical (unpaired) electrons. The van der Waals surface area contributed by atoms with Crippen molar-refractivity contribution in [1.29, 1.82) is 0 Å². The number of aliphatic hydroxyl groups is 1. The molecule has 0 aliphatic carbocycles. The number of amides is 3. The van der Waals surface area contributed by atoms with E-state index in [1.165, 1.54) is 4.90 Å². The first-order valence-electron chi connectivity index (χ1n) is 14.1. The second-order valence-electron chi connectivity index (χ2n) is 11.2. The number of likely N-dealkylation sites (tertiary alicyclic amines) is 1. The molecule has 8 heteroatoms. The number of hydrogen-bond acceptors (Lipinski definition) is 5. The van der Waals surface area contributed by atoms with Crippen LogP contribution < -0.4 is 9.80 Å². The van der Waals surface area contributed by atoms with E-state index in [0.717, 1.165) is 16.5 Å². The van der Waals surface area contributed by atoms with Crippen molar-refractivity contribution in [2.24, 2.45) is 11.8 Å². The molecule has 3 amide bonds. The van der Waals surface area contributed by atoms with Crippen molar-refractivity contribution in [3.8, 4) is 0 Å². The zero-order valence-corrected chi connectivity index (χ0v) is 22.7. The van der Waals surface area contributed by atoms with Crippen LogP contribution in [0, 0.1) is 11.8 Å². The maximum absolute atomic E-state index is 14.5. The maximum atomic E-state index is 14.5. The molecule has 41 heavy (non-hydrogen) atoms. The van der Waals surface area contributed by atoms with Crippen LogP contribution in [0.4, 0.5) is 11.4 Å². The van der Waals surface area contributed by atoms with Crippen LogP contribution in [0.25, 0.3) is 10.8 Å². The molecule has 208 valence electrons. The van der Waals surface area contributed by atoms with Crippen molar-refractivity contribution >= 4 is 39.9 Å². The normalized spacial score (nSPS) is 29.8. The van der Waals surface area contributed by atoms with Crippen LogP contribution in [0.2, 0.25) is 0 Å². The second kappa shape index (κ2) is 9.68. The zero-order chi connectivity index (χ0) is 28.3. The van der Waals surface area contributed by atoms with Crippen molar-refractivity contribution in [2.75, 3.05) is 29.5 Å². The van der Waals surface area contributed by atoms with Crippen LogP contribution >= 0.6 is 0 Å². The Morgan fingerprint density at radius 3 is 2.34 bits per heavy atom. The van der Waals surface area contributed by atoms with Gasteiger partial charge >= 0.3 is 0 Å². The van der Waals surface area contributed by atoms with Crippen LogP contribution in [-0.4, -0.2) is 71.2 Å². The van der Waals surface area contributed by atoms with Gasteiger partial charge in [-0.15, -0.1) is 0 Å². The summed E-state index contributed by atoms with van der Waals surface area (Å²) in [6, 6.07) is 21.5. The van der Waals surface area contributed by atoms with Crippen LogP contribution in [0.5, 0.6) is 0 Å². The van der Waals surface area contributed by atoms with Crippen molar-refractivity contribution in [2.45, 2.75) is 30.7 Å². The lowest BCUT2D eigenvalue weighted by molar-refractivity contribution is -0.143. The molecule has 1 unspecified atom stereocenters. The van der Waals surface area contributed by atoms with E-state index in [-0.39, 0.29) is 30.9 Å². The Bertz CT molecular complexity index is 1600. The molecular weight excluding hydrogens is 518 g/mol. The van der Waals surface area contributed by atoms with E-state index >= 15 is 0 Å². The third kappa shape index (κ3) is 3.78. The summed E-state index contributed by atoms with van der Waals surface area (Å²) in [6.45, 7) is 2.04. The van der Waals surface area contributed by atoms with Gasteiger partial charge in [-0.3, -0.25) is 14.4 Å². The van der Waals surface area contributed by atoms with Gasteiger partial charge in [-0.1, -0.05) is 72.8 Å². The minimum Gasteiger partial charge on any atom is -0.394 e. The predicted octanol–water partition coefficient (Wildman–Crippen LogP) is 3.31. The minimum atomic E-state index is -1.35. The molecule has 7 rings (SSSR count). The molecule has 0 saturated carbocycles. The first-order valence-corrected chi connectivity index (χ1v) is 14.1. The van der Waals surface area contributed by atoms with Gasteiger partial charge in [0, 0.05) is 24.5 Å². The van der Waals surface area contributed by atoms with Crippen molar-refractivity contribution in [3.63, 3.8) is 0 Å². The lowest BCUT2D eigenvalue weighted by Gasteiger charge is -2.37. The number of anilines is 2. The standard InChI is InChI=1S/C33H31N3O5/c1-21(20-37)36-29-32(40)35(25-15-14-22-9-5-6-10-23(22)19-25)18-8-16-33(29)28(31(36)39)27-26(41-33)13-7-17-34(30(27)38)24-11-3-2-4-12-24/h2-16,19,21,26-29,37H,17-18,20H2,1H3/t21-,26-,27+,28+,29?,33+/m1/s1. The maximum Gasteiger partial charge on any atom is 0.253 e. The van der Waals surface area contributed by atoms with E-state index in [0.29, 0.717) is 12.2 Å². The fourth-order valence-corrected chi connectivity index (χ4v) is 7.05. The van der Waals surface area contributed by atoms with E-state index in [1.54, 1.807) is 16.7 Å². The van der Waals surface area contributed by atoms with Crippen molar-refractivity contribution < 1.29 is 24.2 Å². The molecule has 1 spiro atoms. The van der Waals surface area contributed by atoms with Gasteiger partial charge in [0.25, 0.3) is 5.91 Å². The van der Waals surface area contributed by atoms with Gasteiger partial charge in [0.1, 0.15) is 11.6 Å². The molecule has 6 atom stereocenters. The number of benzene rings is 3. The molecule has 3 aromatic rings. The number of hydrogen-bond donors (Lipinski definition) is 1. The number of fused-ring (bicyclic) bond motifs is 3. The van der Waals surface area contributed by atoms with Gasteiger partial charge in [0.05, 0.1) is 30.6 Å². The quantitative estimate of drug-likeness (QED) is 0.505. The number of carbonyl (C=O) groups is 3. The summed E-state index contributed by atoms with van der Waals surface area (Å²) < 4.78 is 6.70. The average molecular weight is 550 g/mol. The number of rotatable bonds is 4. The highest BCUT2D eigenvalue weighted by Gasteiger charge is 2.72. The number of para-hydroxylation sites is 1. The zero-order valence-electron chi connectivity index (χ0n) is 22.7. The van der Waals surface area contributed by atoms with E-state index in [1.807, 2.05) is 97.1 Å². The topological polar surface area (TPSA) is 90.4 Å². The Morgan fingerprint density at radius 1 is 0.854 bits per heavy atom. The smallest absolute Gasteiger partial charge is 0.253 e. The molecule has 2 saturated heterocycles. The summed E-state index contributed by atoms with van der Waals surface area (Å²) in [5.74, 6) is -2.59. The van der Waals surface area contributed by atoms with Gasteiger partial charge in [-0.2, -0.15) is 0 Å². The molecule has 2 fully saturated rings. The third-order valence-electron chi connectivity index (χ3n) is 8.95. The summed E-state index contributed by atoms with van der Waals surface area (Å²) in [5.41, 5.74) is 0.0979. The van der Waals surface area contributed by atoms with E-state index in [4.69, 9.17) is 4.74 Å². The summed E-state index contributed by atoms with van der Waals surface area (Å²) >= 11 is 0. The first kappa shape index (κ1) is 25.7. The lowest BCUT2D eigenvalue weighted by atomic mass is 9.77. The van der Waals surface area contributed by atoms with Crippen LogP contribution in [-0.2, 0) is 19.1 Å². The molecule has 8 nitrogen and oxygen atoms in total. The largest absolute Gasteiger partial charge is 0.394 e. The molecule has 4 heterocycles. The second-order valence-corrected chi connectivity index (χ2v) is 11.2. The number of nitrogens with zero attached hydrogens (tertiary/aromatic N) is 3. The van der Waals surface area contributed by atoms with Gasteiger partial charge in [0.2, 0.25) is 11.8 Å². The average Bonchev–Trinajstić information content (AvgIpc) is 3.32. The van der Waals surface area contributed by atoms with Crippen molar-refractivity contribution in [1.82, 2.24) is 4.90 Å². The Hall–Kier alpha value is -4.27. The highest BCUT2D eigenvalue weighted by atomic mass is 16.5. The summed E-state index contributed by atoms with van der Waals surface area (Å²) in [4.78, 5) is 47.8. The van der Waals surface area contributed by atoms with E-state index < -0.39 is 35.6 Å². The van der Waals surface area contributed by atoms with Crippen LogP contribution in [0.1, 0.15) is 6.92 Å². The van der Waals surface area contributed by atoms with Gasteiger partial charge in [-0.25, -0.2) is 0 Å². The summed E-state index contributed by atoms with van der Waals surface area (Å²) in [7, 11) is 0. The third-order valence-corrected chi connectivity index (χ3v) is 8.95.